The van der Waals surface area contributed by atoms with Gasteiger partial charge in [0.15, 0.2) is 0 Å². The normalized spacial score (nSPS) is 15.3. The molecule has 2 unspecified atom stereocenters. The Morgan fingerprint density at radius 1 is 1.33 bits per heavy atom. The van der Waals surface area contributed by atoms with Crippen LogP contribution in [0.25, 0.3) is 0 Å². The Balaban J connectivity index is 2.77. The van der Waals surface area contributed by atoms with Crippen LogP contribution >= 0.6 is 18.0 Å². The van der Waals surface area contributed by atoms with Gasteiger partial charge in [0.1, 0.15) is 0 Å². The number of nitro groups is 1. The molecule has 1 aromatic rings. The van der Waals surface area contributed by atoms with Crippen molar-refractivity contribution < 1.29 is 9.49 Å². The van der Waals surface area contributed by atoms with E-state index in [1.54, 1.807) is 18.3 Å². The summed E-state index contributed by atoms with van der Waals surface area (Å²) < 4.78 is 12.9. The van der Waals surface area contributed by atoms with Crippen molar-refractivity contribution in [3.05, 3.63) is 34.4 Å². The van der Waals surface area contributed by atoms with E-state index in [2.05, 4.69) is 22.1 Å². The van der Waals surface area contributed by atoms with E-state index in [1.165, 1.54) is 23.5 Å². The third kappa shape index (κ3) is 7.13. The predicted molar refractivity (Wildman–Crippen MR) is 102 cm³/mol. The van der Waals surface area contributed by atoms with Gasteiger partial charge >= 0.3 is 0 Å². The minimum atomic E-state index is -2.71. The lowest BCUT2D eigenvalue weighted by atomic mass is 10.2. The van der Waals surface area contributed by atoms with Crippen molar-refractivity contribution in [2.24, 2.45) is 4.99 Å². The molecule has 0 aliphatic carbocycles. The average Bonchev–Trinajstić information content (AvgIpc) is 2.57. The SMILES string of the molecule is CCCSP(=O)(NCC)NC(C=Nc1ccc([N+](=O)[O-])cc1)CC. The molecule has 1 rings (SSSR count). The summed E-state index contributed by atoms with van der Waals surface area (Å²) in [5.41, 5.74) is 0.659. The highest BCUT2D eigenvalue weighted by molar-refractivity contribution is 8.56. The van der Waals surface area contributed by atoms with Crippen LogP contribution in [-0.2, 0) is 4.57 Å². The fourth-order valence-electron chi connectivity index (χ4n) is 1.84. The maximum absolute atomic E-state index is 12.9. The lowest BCUT2D eigenvalue weighted by Crippen LogP contribution is -2.31. The van der Waals surface area contributed by atoms with E-state index >= 15 is 0 Å². The van der Waals surface area contributed by atoms with Gasteiger partial charge in [0.25, 0.3) is 12.3 Å². The summed E-state index contributed by atoms with van der Waals surface area (Å²) in [6.07, 6.45) is 3.39. The fourth-order valence-corrected chi connectivity index (χ4v) is 6.25. The molecule has 0 fully saturated rings. The van der Waals surface area contributed by atoms with Crippen molar-refractivity contribution in [2.75, 3.05) is 12.3 Å². The van der Waals surface area contributed by atoms with Crippen LogP contribution in [0.15, 0.2) is 29.3 Å². The van der Waals surface area contributed by atoms with Crippen LogP contribution in [0.1, 0.15) is 33.6 Å². The van der Waals surface area contributed by atoms with Crippen LogP contribution < -0.4 is 10.2 Å². The molecule has 0 bridgehead atoms. The van der Waals surface area contributed by atoms with Gasteiger partial charge < -0.3 is 0 Å². The lowest BCUT2D eigenvalue weighted by Gasteiger charge is -2.23. The smallest absolute Gasteiger partial charge is 0.269 e. The number of rotatable bonds is 11. The topological polar surface area (TPSA) is 96.6 Å². The Hall–Kier alpha value is -1.21. The van der Waals surface area contributed by atoms with Crippen molar-refractivity contribution >= 4 is 35.6 Å². The summed E-state index contributed by atoms with van der Waals surface area (Å²) in [6, 6.07) is 5.88. The molecule has 0 amide bonds. The first kappa shape index (κ1) is 20.8. The molecular weight excluding hydrogens is 347 g/mol. The number of benzene rings is 1. The largest absolute Gasteiger partial charge is 0.277 e. The van der Waals surface area contributed by atoms with Crippen molar-refractivity contribution in [3.63, 3.8) is 0 Å². The van der Waals surface area contributed by atoms with Crippen LogP contribution in [0.3, 0.4) is 0 Å². The van der Waals surface area contributed by atoms with Crippen LogP contribution in [0.4, 0.5) is 11.4 Å². The van der Waals surface area contributed by atoms with Gasteiger partial charge in [-0.05, 0) is 25.0 Å². The van der Waals surface area contributed by atoms with Gasteiger partial charge in [-0.2, -0.15) is 0 Å². The summed E-state index contributed by atoms with van der Waals surface area (Å²) in [4.78, 5) is 14.5. The zero-order chi connectivity index (χ0) is 18.0. The first-order chi connectivity index (χ1) is 11.4. The van der Waals surface area contributed by atoms with Gasteiger partial charge in [0.2, 0.25) is 0 Å². The highest BCUT2D eigenvalue weighted by Crippen LogP contribution is 2.51. The molecule has 0 aromatic heterocycles. The predicted octanol–water partition coefficient (Wildman–Crippen LogP) is 4.53. The molecule has 2 N–H and O–H groups in total. The van der Waals surface area contributed by atoms with E-state index in [1.807, 2.05) is 13.8 Å². The van der Waals surface area contributed by atoms with E-state index in [0.29, 0.717) is 12.2 Å². The van der Waals surface area contributed by atoms with Crippen LogP contribution in [0.2, 0.25) is 0 Å². The Morgan fingerprint density at radius 3 is 2.50 bits per heavy atom. The second-order valence-electron chi connectivity index (χ2n) is 5.09. The third-order valence-corrected chi connectivity index (χ3v) is 7.78. The highest BCUT2D eigenvalue weighted by Gasteiger charge is 2.23. The first-order valence-electron chi connectivity index (χ1n) is 8.00. The maximum atomic E-state index is 12.9. The van der Waals surface area contributed by atoms with Crippen molar-refractivity contribution in [2.45, 2.75) is 39.7 Å². The summed E-state index contributed by atoms with van der Waals surface area (Å²) in [5, 5.41) is 16.9. The molecule has 0 saturated carbocycles. The molecular formula is C15H25N4O3PS. The number of aliphatic imine (C=N–C) groups is 1. The van der Waals surface area contributed by atoms with Gasteiger partial charge in [-0.15, -0.1) is 0 Å². The molecule has 7 nitrogen and oxygen atoms in total. The van der Waals surface area contributed by atoms with Crippen molar-refractivity contribution in [1.82, 2.24) is 10.2 Å². The molecule has 0 radical (unpaired) electrons. The van der Waals surface area contributed by atoms with Gasteiger partial charge in [-0.3, -0.25) is 19.7 Å². The molecule has 24 heavy (non-hydrogen) atoms. The number of non-ortho nitro benzene ring substituents is 1. The number of hydrogen-bond acceptors (Lipinski definition) is 5. The monoisotopic (exact) mass is 372 g/mol. The zero-order valence-electron chi connectivity index (χ0n) is 14.3. The minimum Gasteiger partial charge on any atom is -0.277 e. The number of nitro benzene ring substituents is 1. The quantitative estimate of drug-likeness (QED) is 0.256. The minimum absolute atomic E-state index is 0.0340. The van der Waals surface area contributed by atoms with Crippen LogP contribution in [0, 0.1) is 10.1 Å². The zero-order valence-corrected chi connectivity index (χ0v) is 16.0. The summed E-state index contributed by atoms with van der Waals surface area (Å²) >= 11 is 1.42. The molecule has 1 aromatic carbocycles. The maximum Gasteiger partial charge on any atom is 0.269 e. The molecule has 2 atom stereocenters. The van der Waals surface area contributed by atoms with E-state index < -0.39 is 11.6 Å². The Kier molecular flexibility index (Phi) is 9.21. The van der Waals surface area contributed by atoms with Crippen molar-refractivity contribution in [3.8, 4) is 0 Å². The Morgan fingerprint density at radius 2 is 2.00 bits per heavy atom. The average molecular weight is 372 g/mol. The Labute approximate surface area is 147 Å². The van der Waals surface area contributed by atoms with Crippen LogP contribution in [0.5, 0.6) is 0 Å². The summed E-state index contributed by atoms with van der Waals surface area (Å²) in [6.45, 7) is 3.87. The Bertz CT molecular complexity index is 595. The van der Waals surface area contributed by atoms with E-state index in [0.717, 1.165) is 18.6 Å². The molecule has 134 valence electrons. The summed E-state index contributed by atoms with van der Waals surface area (Å²) in [5.74, 6) is 0.813. The standard InChI is InChI=1S/C15H25N4O3PS/c1-4-11-24-23(22,17-6-3)18-13(5-2)12-16-14-7-9-15(10-8-14)19(20)21/h7-10,12-13H,4-6,11H2,1-3H3,(H2,17,18,22). The third-order valence-electron chi connectivity index (χ3n) is 3.08. The molecule has 0 spiro atoms. The van der Waals surface area contributed by atoms with E-state index in [4.69, 9.17) is 0 Å². The van der Waals surface area contributed by atoms with Crippen LogP contribution in [-0.4, -0.2) is 29.5 Å². The molecule has 0 heterocycles. The van der Waals surface area contributed by atoms with Gasteiger partial charge in [0.05, 0.1) is 16.7 Å². The van der Waals surface area contributed by atoms with Crippen molar-refractivity contribution in [1.29, 1.82) is 0 Å². The summed E-state index contributed by atoms with van der Waals surface area (Å²) in [7, 11) is 0. The van der Waals surface area contributed by atoms with Gasteiger partial charge in [-0.1, -0.05) is 32.2 Å². The molecule has 0 aliphatic rings. The van der Waals surface area contributed by atoms with Gasteiger partial charge in [-0.25, -0.2) is 10.2 Å². The van der Waals surface area contributed by atoms with E-state index in [-0.39, 0.29) is 11.7 Å². The number of nitrogens with one attached hydrogen (secondary N) is 2. The second-order valence-corrected chi connectivity index (χ2v) is 9.75. The number of nitrogens with zero attached hydrogens (tertiary/aromatic N) is 2. The first-order valence-corrected chi connectivity index (χ1v) is 11.3. The lowest BCUT2D eigenvalue weighted by molar-refractivity contribution is -0.384. The second kappa shape index (κ2) is 10.6. The number of hydrogen-bond donors (Lipinski definition) is 2. The highest BCUT2D eigenvalue weighted by atomic mass is 32.7. The molecule has 0 aliphatic heterocycles. The van der Waals surface area contributed by atoms with Gasteiger partial charge in [0, 0.05) is 30.6 Å². The van der Waals surface area contributed by atoms with E-state index in [9.17, 15) is 14.7 Å². The molecule has 9 heteroatoms. The fraction of sp³-hybridized carbons (Fsp3) is 0.533. The molecule has 0 saturated heterocycles.